The van der Waals surface area contributed by atoms with Gasteiger partial charge in [-0.3, -0.25) is 5.04 Å². The van der Waals surface area contributed by atoms with Crippen LogP contribution >= 0.6 is 34.6 Å². The molecule has 1 aromatic rings. The van der Waals surface area contributed by atoms with Crippen molar-refractivity contribution in [1.29, 1.82) is 5.26 Å². The second-order valence-corrected chi connectivity index (χ2v) is 7.35. The topological polar surface area (TPSA) is 99.4 Å². The number of rotatable bonds is 6. The fraction of sp³-hybridized carbons (Fsp3) is 0.300. The first-order valence-corrected chi connectivity index (χ1v) is 8.85. The van der Waals surface area contributed by atoms with Crippen LogP contribution in [0.1, 0.15) is 11.1 Å². The minimum atomic E-state index is -3.49. The molecule has 0 fully saturated rings. The molecule has 104 valence electrons. The molecular weight excluding hydrogens is 428 g/mol. The predicted molar refractivity (Wildman–Crippen MR) is 74.9 cm³/mol. The van der Waals surface area contributed by atoms with E-state index in [0.29, 0.717) is 26.9 Å². The first kappa shape index (κ1) is 20.6. The zero-order valence-electron chi connectivity index (χ0n) is 10.8. The molecule has 10 heteroatoms. The summed E-state index contributed by atoms with van der Waals surface area (Å²) in [6.07, 6.45) is 0. The van der Waals surface area contributed by atoms with Gasteiger partial charge < -0.3 is 5.26 Å². The summed E-state index contributed by atoms with van der Waals surface area (Å²) in [6.45, 7) is 1.59. The number of hydrogen-bond acceptors (Lipinski definition) is 7. The van der Waals surface area contributed by atoms with Crippen molar-refractivity contribution >= 4 is 44.5 Å². The average Bonchev–Trinajstić information content (AvgIpc) is 2.34. The monoisotopic (exact) mass is 437 g/mol. The molecule has 0 aromatic heterocycles. The SMILES string of the molecule is Cc1cc(SOO[O-])cc(C#N)c1S(=O)(=O)CCI.[Na+]. The number of nitrogens with zero attached hydrogens (tertiary/aromatic N) is 1. The molecule has 20 heavy (non-hydrogen) atoms. The Kier molecular flexibility index (Phi) is 9.90. The van der Waals surface area contributed by atoms with Gasteiger partial charge in [0.05, 0.1) is 28.3 Å². The number of nitriles is 1. The van der Waals surface area contributed by atoms with E-state index in [-0.39, 0.29) is 45.8 Å². The Hall–Kier alpha value is 0.620. The number of sulfone groups is 1. The van der Waals surface area contributed by atoms with Crippen molar-refractivity contribution in [3.05, 3.63) is 23.3 Å². The first-order valence-electron chi connectivity index (χ1n) is 4.93. The molecule has 0 amide bonds. The minimum Gasteiger partial charge on any atom is -0.691 e. The van der Waals surface area contributed by atoms with Gasteiger partial charge in [-0.05, 0) is 24.6 Å². The first-order chi connectivity index (χ1) is 8.96. The van der Waals surface area contributed by atoms with Gasteiger partial charge in [-0.2, -0.15) is 9.60 Å². The van der Waals surface area contributed by atoms with E-state index in [1.165, 1.54) is 12.1 Å². The van der Waals surface area contributed by atoms with Gasteiger partial charge in [0, 0.05) is 9.32 Å². The second-order valence-electron chi connectivity index (χ2n) is 3.46. The Morgan fingerprint density at radius 3 is 2.65 bits per heavy atom. The van der Waals surface area contributed by atoms with Crippen molar-refractivity contribution in [1.82, 2.24) is 0 Å². The van der Waals surface area contributed by atoms with E-state index in [1.54, 1.807) is 6.92 Å². The van der Waals surface area contributed by atoms with Crippen molar-refractivity contribution in [3.8, 4) is 6.07 Å². The zero-order valence-corrected chi connectivity index (χ0v) is 16.5. The maximum absolute atomic E-state index is 12.1. The Morgan fingerprint density at radius 1 is 1.50 bits per heavy atom. The summed E-state index contributed by atoms with van der Waals surface area (Å²) in [6, 6.07) is 4.71. The van der Waals surface area contributed by atoms with Gasteiger partial charge in [-0.25, -0.2) is 8.42 Å². The van der Waals surface area contributed by atoms with Gasteiger partial charge in [0.15, 0.2) is 9.84 Å². The number of alkyl halides is 1. The maximum atomic E-state index is 12.1. The zero-order chi connectivity index (χ0) is 14.5. The van der Waals surface area contributed by atoms with Gasteiger partial charge in [0.25, 0.3) is 0 Å². The van der Waals surface area contributed by atoms with Crippen LogP contribution in [0.15, 0.2) is 21.9 Å². The molecule has 1 rings (SSSR count). The summed E-state index contributed by atoms with van der Waals surface area (Å²) in [4.78, 5) is 0.442. The largest absolute Gasteiger partial charge is 1.00 e. The van der Waals surface area contributed by atoms with E-state index in [4.69, 9.17) is 5.26 Å². The summed E-state index contributed by atoms with van der Waals surface area (Å²) < 4.78 is 28.8. The Balaban J connectivity index is 0.00000361. The smallest absolute Gasteiger partial charge is 0.691 e. The molecule has 0 aliphatic rings. The molecule has 0 heterocycles. The van der Waals surface area contributed by atoms with Crippen LogP contribution in [0.25, 0.3) is 0 Å². The van der Waals surface area contributed by atoms with Crippen LogP contribution in [-0.2, 0) is 19.2 Å². The van der Waals surface area contributed by atoms with Crippen molar-refractivity contribution in [3.63, 3.8) is 0 Å². The summed E-state index contributed by atoms with van der Waals surface area (Å²) in [7, 11) is -3.49. The van der Waals surface area contributed by atoms with Gasteiger partial charge in [0.2, 0.25) is 0 Å². The quantitative estimate of drug-likeness (QED) is 0.131. The summed E-state index contributed by atoms with van der Waals surface area (Å²) >= 11 is 2.58. The minimum absolute atomic E-state index is 0. The molecule has 0 unspecified atom stereocenters. The van der Waals surface area contributed by atoms with Crippen molar-refractivity contribution in [2.24, 2.45) is 0 Å². The van der Waals surface area contributed by atoms with E-state index in [0.717, 1.165) is 0 Å². The second kappa shape index (κ2) is 9.60. The summed E-state index contributed by atoms with van der Waals surface area (Å²) in [5.74, 6) is -0.0320. The van der Waals surface area contributed by atoms with E-state index >= 15 is 0 Å². The summed E-state index contributed by atoms with van der Waals surface area (Å²) in [5, 5.41) is 22.0. The predicted octanol–water partition coefficient (Wildman–Crippen LogP) is -1.69. The maximum Gasteiger partial charge on any atom is 1.00 e. The average molecular weight is 437 g/mol. The van der Waals surface area contributed by atoms with Gasteiger partial charge in [0.1, 0.15) is 6.07 Å². The van der Waals surface area contributed by atoms with Gasteiger partial charge in [-0.1, -0.05) is 22.6 Å². The number of aryl methyl sites for hydroxylation is 1. The van der Waals surface area contributed by atoms with Crippen molar-refractivity contribution in [2.75, 3.05) is 10.2 Å². The Labute approximate surface area is 157 Å². The van der Waals surface area contributed by atoms with Gasteiger partial charge >= 0.3 is 29.6 Å². The Morgan fingerprint density at radius 2 is 2.15 bits per heavy atom. The standard InChI is InChI=1S/C10H10INO5S2.Na/c1-7-4-9(18-17-16-13)5-8(6-12)10(7)19(14,15)3-2-11;/h4-5,13H,2-3H2,1H3;/q;+1/p-1. The molecule has 0 saturated carbocycles. The molecule has 0 bridgehead atoms. The molecule has 0 spiro atoms. The van der Waals surface area contributed by atoms with E-state index < -0.39 is 9.84 Å². The molecule has 0 aliphatic carbocycles. The van der Waals surface area contributed by atoms with Crippen molar-refractivity contribution < 1.29 is 52.6 Å². The fourth-order valence-corrected chi connectivity index (χ4v) is 5.17. The van der Waals surface area contributed by atoms with Crippen LogP contribution in [0.4, 0.5) is 0 Å². The Bertz CT molecular complexity index is 602. The van der Waals surface area contributed by atoms with E-state index in [2.05, 4.69) is 9.37 Å². The third-order valence-electron chi connectivity index (χ3n) is 2.18. The number of benzene rings is 1. The molecular formula is C10H9INNaO5S2. The van der Waals surface area contributed by atoms with Crippen LogP contribution < -0.4 is 34.8 Å². The normalized spacial score (nSPS) is 10.7. The molecule has 0 N–H and O–H groups in total. The molecule has 0 radical (unpaired) electrons. The molecule has 0 atom stereocenters. The molecule has 0 aliphatic heterocycles. The van der Waals surface area contributed by atoms with Crippen LogP contribution in [0.2, 0.25) is 0 Å². The van der Waals surface area contributed by atoms with Gasteiger partial charge in [-0.15, -0.1) is 0 Å². The number of hydrogen-bond donors (Lipinski definition) is 0. The molecule has 6 nitrogen and oxygen atoms in total. The molecule has 0 saturated heterocycles. The third kappa shape index (κ3) is 5.43. The van der Waals surface area contributed by atoms with Crippen LogP contribution in [0.5, 0.6) is 0 Å². The number of halogens is 1. The fourth-order valence-electron chi connectivity index (χ4n) is 1.54. The van der Waals surface area contributed by atoms with E-state index in [9.17, 15) is 13.7 Å². The van der Waals surface area contributed by atoms with Crippen LogP contribution in [-0.4, -0.2) is 18.6 Å². The van der Waals surface area contributed by atoms with Crippen molar-refractivity contribution in [2.45, 2.75) is 16.7 Å². The summed E-state index contributed by atoms with van der Waals surface area (Å²) in [5.41, 5.74) is 0.461. The van der Waals surface area contributed by atoms with Crippen LogP contribution in [0.3, 0.4) is 0 Å². The third-order valence-corrected chi connectivity index (χ3v) is 5.91. The van der Waals surface area contributed by atoms with E-state index in [1.807, 2.05) is 28.7 Å². The molecule has 1 aromatic carbocycles. The van der Waals surface area contributed by atoms with Crippen LogP contribution in [0, 0.1) is 18.3 Å².